The van der Waals surface area contributed by atoms with Gasteiger partial charge < -0.3 is 9.31 Å². The third-order valence-electron chi connectivity index (χ3n) is 2.09. The van der Waals surface area contributed by atoms with Gasteiger partial charge in [0.25, 0.3) is 0 Å². The van der Waals surface area contributed by atoms with Gasteiger partial charge in [0.15, 0.2) is 0 Å². The van der Waals surface area contributed by atoms with Gasteiger partial charge in [-0.05, 0) is 23.5 Å². The first-order valence-electron chi connectivity index (χ1n) is 5.16. The monoisotopic (exact) mass is 202 g/mol. The van der Waals surface area contributed by atoms with Gasteiger partial charge in [-0.25, -0.2) is 0 Å². The molecule has 15 heavy (non-hydrogen) atoms. The number of allylic oxidation sites excluding steroid dienone is 1. The van der Waals surface area contributed by atoms with Crippen molar-refractivity contribution >= 4 is 7.12 Å². The van der Waals surface area contributed by atoms with Crippen LogP contribution < -0.4 is 9.31 Å². The van der Waals surface area contributed by atoms with Crippen LogP contribution in [-0.2, 0) is 0 Å². The van der Waals surface area contributed by atoms with Crippen molar-refractivity contribution in [1.82, 2.24) is 0 Å². The van der Waals surface area contributed by atoms with Crippen molar-refractivity contribution in [2.24, 2.45) is 5.41 Å². The first kappa shape index (κ1) is 10.2. The Morgan fingerprint density at radius 1 is 1.07 bits per heavy atom. The van der Waals surface area contributed by atoms with Crippen LogP contribution in [-0.4, -0.2) is 7.12 Å². The number of hydrogen-bond donors (Lipinski definition) is 0. The van der Waals surface area contributed by atoms with Crippen molar-refractivity contribution in [1.29, 1.82) is 0 Å². The first-order chi connectivity index (χ1) is 7.04. The molecule has 0 aliphatic carbocycles. The molecule has 0 N–H and O–H groups in total. The molecular formula is C12H15BO2. The molecule has 1 aliphatic rings. The Balaban J connectivity index is 2.05. The van der Waals surface area contributed by atoms with E-state index >= 15 is 0 Å². The predicted octanol–water partition coefficient (Wildman–Crippen LogP) is 3.09. The van der Waals surface area contributed by atoms with Gasteiger partial charge in [-0.15, -0.1) is 0 Å². The fourth-order valence-electron chi connectivity index (χ4n) is 1.37. The molecule has 2 rings (SSSR count). The lowest BCUT2D eigenvalue weighted by atomic mass is 9.84. The molecule has 0 unspecified atom stereocenters. The largest absolute Gasteiger partial charge is 0.624 e. The van der Waals surface area contributed by atoms with E-state index in [-0.39, 0.29) is 12.5 Å². The number of benzene rings is 1. The van der Waals surface area contributed by atoms with Crippen molar-refractivity contribution in [2.45, 2.75) is 20.8 Å². The molecule has 0 bridgehead atoms. The average Bonchev–Trinajstić information content (AvgIpc) is 2.56. The van der Waals surface area contributed by atoms with Gasteiger partial charge in [-0.1, -0.05) is 39.0 Å². The van der Waals surface area contributed by atoms with E-state index in [9.17, 15) is 0 Å². The number of fused-ring (bicyclic) bond motifs is 1. The highest BCUT2D eigenvalue weighted by atomic mass is 16.6. The lowest BCUT2D eigenvalue weighted by Crippen LogP contribution is -2.22. The van der Waals surface area contributed by atoms with E-state index in [1.165, 1.54) is 0 Å². The fourth-order valence-corrected chi connectivity index (χ4v) is 1.37. The lowest BCUT2D eigenvalue weighted by Gasteiger charge is -2.11. The van der Waals surface area contributed by atoms with E-state index in [1.54, 1.807) is 0 Å². The minimum atomic E-state index is -0.276. The fraction of sp³-hybridized carbons (Fsp3) is 0.333. The molecule has 0 radical (unpaired) electrons. The Bertz CT molecular complexity index is 354. The molecule has 1 aromatic rings. The smallest absolute Gasteiger partial charge is 0.520 e. The van der Waals surface area contributed by atoms with E-state index in [1.807, 2.05) is 30.2 Å². The Morgan fingerprint density at radius 2 is 1.60 bits per heavy atom. The molecule has 0 spiro atoms. The van der Waals surface area contributed by atoms with E-state index in [0.717, 1.165) is 11.5 Å². The van der Waals surface area contributed by atoms with Crippen LogP contribution >= 0.6 is 0 Å². The molecule has 0 fully saturated rings. The van der Waals surface area contributed by atoms with Crippen LogP contribution in [0.25, 0.3) is 0 Å². The van der Waals surface area contributed by atoms with Gasteiger partial charge in [0, 0.05) is 0 Å². The molecule has 0 saturated carbocycles. The molecule has 0 aromatic heterocycles. The minimum Gasteiger partial charge on any atom is -0.520 e. The van der Waals surface area contributed by atoms with Gasteiger partial charge in [-0.2, -0.15) is 0 Å². The van der Waals surface area contributed by atoms with Crippen molar-refractivity contribution in [3.05, 3.63) is 36.3 Å². The molecule has 78 valence electrons. The van der Waals surface area contributed by atoms with Gasteiger partial charge >= 0.3 is 7.12 Å². The zero-order valence-corrected chi connectivity index (χ0v) is 9.36. The molecule has 0 saturated heterocycles. The lowest BCUT2D eigenvalue weighted by molar-refractivity contribution is 0.509. The average molecular weight is 202 g/mol. The van der Waals surface area contributed by atoms with Crippen molar-refractivity contribution in [3.63, 3.8) is 0 Å². The van der Waals surface area contributed by atoms with E-state index in [4.69, 9.17) is 9.31 Å². The highest BCUT2D eigenvalue weighted by Gasteiger charge is 2.29. The zero-order valence-electron chi connectivity index (χ0n) is 9.36. The minimum absolute atomic E-state index is 0.154. The first-order valence-corrected chi connectivity index (χ1v) is 5.16. The van der Waals surface area contributed by atoms with Crippen molar-refractivity contribution in [3.8, 4) is 11.5 Å². The van der Waals surface area contributed by atoms with Gasteiger partial charge in [0.05, 0.1) is 0 Å². The van der Waals surface area contributed by atoms with Crippen LogP contribution in [0.15, 0.2) is 36.3 Å². The van der Waals surface area contributed by atoms with E-state index in [2.05, 4.69) is 26.8 Å². The molecule has 3 heteroatoms. The van der Waals surface area contributed by atoms with Crippen molar-refractivity contribution in [2.75, 3.05) is 0 Å². The third-order valence-corrected chi connectivity index (χ3v) is 2.09. The van der Waals surface area contributed by atoms with E-state index < -0.39 is 0 Å². The molecule has 1 heterocycles. The van der Waals surface area contributed by atoms with Crippen LogP contribution in [0.2, 0.25) is 0 Å². The quantitative estimate of drug-likeness (QED) is 0.651. The third kappa shape index (κ3) is 2.55. The number of rotatable bonds is 1. The van der Waals surface area contributed by atoms with Gasteiger partial charge in [0.1, 0.15) is 11.5 Å². The summed E-state index contributed by atoms with van der Waals surface area (Å²) in [7, 11) is -0.276. The molecular weight excluding hydrogens is 187 g/mol. The standard InChI is InChI=1S/C12H15BO2/c1-12(2,3)8-9-13-14-10-6-4-5-7-11(10)15-13/h4-9H,1-3H3/b9-8+. The zero-order chi connectivity index (χ0) is 10.9. The SMILES string of the molecule is CC(C)(C)/C=C/B1Oc2ccccc2O1. The Kier molecular flexibility index (Phi) is 2.47. The second-order valence-electron chi connectivity index (χ2n) is 4.78. The molecule has 1 aromatic carbocycles. The molecule has 0 amide bonds. The summed E-state index contributed by atoms with van der Waals surface area (Å²) in [6.45, 7) is 6.43. The number of hydrogen-bond acceptors (Lipinski definition) is 2. The topological polar surface area (TPSA) is 18.5 Å². The number of para-hydroxylation sites is 2. The summed E-state index contributed by atoms with van der Waals surface area (Å²) in [5.41, 5.74) is 0.154. The van der Waals surface area contributed by atoms with Crippen LogP contribution in [0.1, 0.15) is 20.8 Å². The highest BCUT2D eigenvalue weighted by molar-refractivity contribution is 6.53. The van der Waals surface area contributed by atoms with Gasteiger partial charge in [-0.3, -0.25) is 0 Å². The Morgan fingerprint density at radius 3 is 2.07 bits per heavy atom. The van der Waals surface area contributed by atoms with Crippen LogP contribution in [0.5, 0.6) is 11.5 Å². The maximum Gasteiger partial charge on any atom is 0.624 e. The maximum atomic E-state index is 5.59. The summed E-state index contributed by atoms with van der Waals surface area (Å²) in [5, 5.41) is 0. The summed E-state index contributed by atoms with van der Waals surface area (Å²) in [4.78, 5) is 0. The van der Waals surface area contributed by atoms with E-state index in [0.29, 0.717) is 0 Å². The van der Waals surface area contributed by atoms with Crippen LogP contribution in [0.3, 0.4) is 0 Å². The molecule has 2 nitrogen and oxygen atoms in total. The van der Waals surface area contributed by atoms with Crippen molar-refractivity contribution < 1.29 is 9.31 Å². The normalized spacial score (nSPS) is 15.0. The highest BCUT2D eigenvalue weighted by Crippen LogP contribution is 2.33. The van der Waals surface area contributed by atoms with Crippen LogP contribution in [0.4, 0.5) is 0 Å². The Labute approximate surface area is 91.0 Å². The summed E-state index contributed by atoms with van der Waals surface area (Å²) in [5.74, 6) is 3.60. The molecule has 0 atom stereocenters. The molecule has 1 aliphatic heterocycles. The van der Waals surface area contributed by atoms with Gasteiger partial charge in [0.2, 0.25) is 0 Å². The Hall–Kier alpha value is -1.38. The second kappa shape index (κ2) is 3.65. The summed E-state index contributed by atoms with van der Waals surface area (Å²) in [6, 6.07) is 7.72. The van der Waals surface area contributed by atoms with Crippen LogP contribution in [0, 0.1) is 5.41 Å². The summed E-state index contributed by atoms with van der Waals surface area (Å²) >= 11 is 0. The predicted molar refractivity (Wildman–Crippen MR) is 62.0 cm³/mol. The second-order valence-corrected chi connectivity index (χ2v) is 4.78. The maximum absolute atomic E-state index is 5.59. The summed E-state index contributed by atoms with van der Waals surface area (Å²) in [6.07, 6.45) is 2.10. The summed E-state index contributed by atoms with van der Waals surface area (Å²) < 4.78 is 11.2.